The van der Waals surface area contributed by atoms with Crippen LogP contribution in [0.15, 0.2) is 24.3 Å². The third-order valence-electron chi connectivity index (χ3n) is 2.91. The van der Waals surface area contributed by atoms with E-state index in [2.05, 4.69) is 15.3 Å². The summed E-state index contributed by atoms with van der Waals surface area (Å²) >= 11 is 0. The first kappa shape index (κ1) is 12.4. The molecule has 2 aromatic rings. The van der Waals surface area contributed by atoms with Crippen LogP contribution in [0.5, 0.6) is 5.75 Å². The maximum atomic E-state index is 5.15. The van der Waals surface area contributed by atoms with Crippen molar-refractivity contribution >= 4 is 5.82 Å². The first-order valence-corrected chi connectivity index (χ1v) is 5.83. The lowest BCUT2D eigenvalue weighted by Crippen LogP contribution is -2.02. The second kappa shape index (κ2) is 5.04. The normalized spacial score (nSPS) is 10.2. The number of ether oxygens (including phenoxy) is 1. The van der Waals surface area contributed by atoms with Gasteiger partial charge in [-0.05, 0) is 38.1 Å². The molecule has 1 aromatic carbocycles. The minimum absolute atomic E-state index is 0.795. The Hall–Kier alpha value is -2.10. The highest BCUT2D eigenvalue weighted by Crippen LogP contribution is 2.26. The molecule has 1 aromatic heterocycles. The van der Waals surface area contributed by atoms with Crippen LogP contribution in [0.2, 0.25) is 0 Å². The summed E-state index contributed by atoms with van der Waals surface area (Å²) in [5, 5.41) is 3.09. The van der Waals surface area contributed by atoms with Crippen molar-refractivity contribution in [3.8, 4) is 17.0 Å². The molecule has 0 saturated heterocycles. The average molecular weight is 243 g/mol. The van der Waals surface area contributed by atoms with Gasteiger partial charge in [0.1, 0.15) is 11.4 Å². The van der Waals surface area contributed by atoms with Gasteiger partial charge in [0.05, 0.1) is 18.5 Å². The van der Waals surface area contributed by atoms with Gasteiger partial charge in [-0.3, -0.25) is 0 Å². The maximum Gasteiger partial charge on any atom is 0.152 e. The van der Waals surface area contributed by atoms with Crippen LogP contribution in [0.3, 0.4) is 0 Å². The van der Waals surface area contributed by atoms with E-state index < -0.39 is 0 Å². The first-order chi connectivity index (χ1) is 8.65. The standard InChI is InChI=1S/C14H17N3O/c1-9-10(2)17-14(15-3)13(16-9)11-5-7-12(18-4)8-6-11/h5-8H,1-4H3,(H,15,17). The molecule has 0 saturated carbocycles. The van der Waals surface area contributed by atoms with Crippen LogP contribution < -0.4 is 10.1 Å². The first-order valence-electron chi connectivity index (χ1n) is 5.83. The van der Waals surface area contributed by atoms with Gasteiger partial charge in [0, 0.05) is 12.6 Å². The predicted octanol–water partition coefficient (Wildman–Crippen LogP) is 2.81. The van der Waals surface area contributed by atoms with E-state index in [0.717, 1.165) is 34.2 Å². The number of aromatic nitrogens is 2. The summed E-state index contributed by atoms with van der Waals surface area (Å²) in [4.78, 5) is 9.11. The predicted molar refractivity (Wildman–Crippen MR) is 73.0 cm³/mol. The second-order valence-corrected chi connectivity index (χ2v) is 4.07. The molecule has 0 aliphatic carbocycles. The van der Waals surface area contributed by atoms with Gasteiger partial charge in [-0.15, -0.1) is 0 Å². The molecule has 18 heavy (non-hydrogen) atoms. The zero-order chi connectivity index (χ0) is 13.1. The highest BCUT2D eigenvalue weighted by molar-refractivity contribution is 5.72. The zero-order valence-electron chi connectivity index (χ0n) is 11.1. The summed E-state index contributed by atoms with van der Waals surface area (Å²) in [5.74, 6) is 1.63. The van der Waals surface area contributed by atoms with Gasteiger partial charge in [0.25, 0.3) is 0 Å². The lowest BCUT2D eigenvalue weighted by molar-refractivity contribution is 0.415. The topological polar surface area (TPSA) is 47.0 Å². The van der Waals surface area contributed by atoms with Crippen molar-refractivity contribution in [3.63, 3.8) is 0 Å². The van der Waals surface area contributed by atoms with E-state index >= 15 is 0 Å². The summed E-state index contributed by atoms with van der Waals surface area (Å²) in [5.41, 5.74) is 3.77. The number of hydrogen-bond acceptors (Lipinski definition) is 4. The molecule has 0 aliphatic heterocycles. The summed E-state index contributed by atoms with van der Waals surface area (Å²) in [6, 6.07) is 7.81. The van der Waals surface area contributed by atoms with Crippen molar-refractivity contribution in [2.24, 2.45) is 0 Å². The molecule has 0 amide bonds. The summed E-state index contributed by atoms with van der Waals surface area (Å²) < 4.78 is 5.15. The second-order valence-electron chi connectivity index (χ2n) is 4.07. The molecule has 4 heteroatoms. The van der Waals surface area contributed by atoms with Gasteiger partial charge in [-0.25, -0.2) is 9.97 Å². The quantitative estimate of drug-likeness (QED) is 0.900. The fourth-order valence-electron chi connectivity index (χ4n) is 1.73. The molecule has 4 nitrogen and oxygen atoms in total. The Kier molecular flexibility index (Phi) is 3.46. The molecule has 0 atom stereocenters. The van der Waals surface area contributed by atoms with Gasteiger partial charge in [-0.1, -0.05) is 0 Å². The van der Waals surface area contributed by atoms with Gasteiger partial charge in [0.15, 0.2) is 5.82 Å². The van der Waals surface area contributed by atoms with Crippen LogP contribution in [0.25, 0.3) is 11.3 Å². The highest BCUT2D eigenvalue weighted by Gasteiger charge is 2.10. The van der Waals surface area contributed by atoms with E-state index in [4.69, 9.17) is 4.74 Å². The molecule has 0 spiro atoms. The Bertz CT molecular complexity index is 550. The third-order valence-corrected chi connectivity index (χ3v) is 2.91. The Morgan fingerprint density at radius 3 is 2.17 bits per heavy atom. The SMILES string of the molecule is CNc1nc(C)c(C)nc1-c1ccc(OC)cc1. The number of anilines is 1. The van der Waals surface area contributed by atoms with E-state index in [1.165, 1.54) is 0 Å². The average Bonchev–Trinajstić information content (AvgIpc) is 2.41. The van der Waals surface area contributed by atoms with Crippen LogP contribution in [0.4, 0.5) is 5.82 Å². The summed E-state index contributed by atoms with van der Waals surface area (Å²) in [6.07, 6.45) is 0. The maximum absolute atomic E-state index is 5.15. The summed E-state index contributed by atoms with van der Waals surface area (Å²) in [6.45, 7) is 3.93. The monoisotopic (exact) mass is 243 g/mol. The number of rotatable bonds is 3. The van der Waals surface area contributed by atoms with Crippen LogP contribution in [-0.4, -0.2) is 24.1 Å². The van der Waals surface area contributed by atoms with Crippen LogP contribution in [0, 0.1) is 13.8 Å². The van der Waals surface area contributed by atoms with Crippen molar-refractivity contribution in [2.75, 3.05) is 19.5 Å². The third kappa shape index (κ3) is 2.27. The number of aryl methyl sites for hydroxylation is 2. The van der Waals surface area contributed by atoms with E-state index in [9.17, 15) is 0 Å². The van der Waals surface area contributed by atoms with Crippen molar-refractivity contribution in [3.05, 3.63) is 35.7 Å². The molecule has 94 valence electrons. The van der Waals surface area contributed by atoms with Gasteiger partial charge in [-0.2, -0.15) is 0 Å². The molecule has 0 bridgehead atoms. The van der Waals surface area contributed by atoms with Crippen molar-refractivity contribution in [2.45, 2.75) is 13.8 Å². The van der Waals surface area contributed by atoms with Crippen LogP contribution in [0.1, 0.15) is 11.4 Å². The van der Waals surface area contributed by atoms with Crippen molar-refractivity contribution in [1.82, 2.24) is 9.97 Å². The molecule has 1 heterocycles. The minimum atomic E-state index is 0.795. The molecule has 2 rings (SSSR count). The number of benzene rings is 1. The minimum Gasteiger partial charge on any atom is -0.497 e. The fourth-order valence-corrected chi connectivity index (χ4v) is 1.73. The summed E-state index contributed by atoms with van der Waals surface area (Å²) in [7, 11) is 3.51. The van der Waals surface area contributed by atoms with Crippen LogP contribution in [-0.2, 0) is 0 Å². The van der Waals surface area contributed by atoms with Crippen molar-refractivity contribution in [1.29, 1.82) is 0 Å². The van der Waals surface area contributed by atoms with E-state index in [0.29, 0.717) is 0 Å². The Morgan fingerprint density at radius 1 is 1.00 bits per heavy atom. The molecule has 1 N–H and O–H groups in total. The Balaban J connectivity index is 2.51. The van der Waals surface area contributed by atoms with Gasteiger partial charge < -0.3 is 10.1 Å². The number of nitrogens with one attached hydrogen (secondary N) is 1. The zero-order valence-corrected chi connectivity index (χ0v) is 11.1. The van der Waals surface area contributed by atoms with Crippen LogP contribution >= 0.6 is 0 Å². The molecule has 0 radical (unpaired) electrons. The number of methoxy groups -OCH3 is 1. The van der Waals surface area contributed by atoms with E-state index in [-0.39, 0.29) is 0 Å². The lowest BCUT2D eigenvalue weighted by atomic mass is 10.1. The lowest BCUT2D eigenvalue weighted by Gasteiger charge is -2.10. The van der Waals surface area contributed by atoms with E-state index in [1.54, 1.807) is 7.11 Å². The fraction of sp³-hybridized carbons (Fsp3) is 0.286. The molecule has 0 unspecified atom stereocenters. The Morgan fingerprint density at radius 2 is 1.61 bits per heavy atom. The molecular formula is C14H17N3O. The molecular weight excluding hydrogens is 226 g/mol. The van der Waals surface area contributed by atoms with E-state index in [1.807, 2.05) is 45.2 Å². The van der Waals surface area contributed by atoms with Gasteiger partial charge >= 0.3 is 0 Å². The number of hydrogen-bond donors (Lipinski definition) is 1. The molecule has 0 fully saturated rings. The highest BCUT2D eigenvalue weighted by atomic mass is 16.5. The molecule has 0 aliphatic rings. The van der Waals surface area contributed by atoms with Gasteiger partial charge in [0.2, 0.25) is 0 Å². The smallest absolute Gasteiger partial charge is 0.152 e. The number of nitrogens with zero attached hydrogens (tertiary/aromatic N) is 2. The Labute approximate surface area is 107 Å². The largest absolute Gasteiger partial charge is 0.497 e. The van der Waals surface area contributed by atoms with Crippen molar-refractivity contribution < 1.29 is 4.74 Å².